The van der Waals surface area contributed by atoms with Crippen LogP contribution in [-0.2, 0) is 9.53 Å². The molecule has 1 unspecified atom stereocenters. The van der Waals surface area contributed by atoms with Crippen LogP contribution in [0.5, 0.6) is 0 Å². The van der Waals surface area contributed by atoms with E-state index in [0.717, 1.165) is 70.8 Å². The highest BCUT2D eigenvalue weighted by Crippen LogP contribution is 2.42. The van der Waals surface area contributed by atoms with Crippen LogP contribution in [-0.4, -0.2) is 54.7 Å². The Kier molecular flexibility index (Phi) is 4.34. The summed E-state index contributed by atoms with van der Waals surface area (Å²) >= 11 is 0. The Labute approximate surface area is 148 Å². The van der Waals surface area contributed by atoms with Crippen molar-refractivity contribution < 1.29 is 9.53 Å². The summed E-state index contributed by atoms with van der Waals surface area (Å²) in [5.41, 5.74) is 0.309. The molecule has 0 radical (unpaired) electrons. The Hall–Kier alpha value is -2.13. The van der Waals surface area contributed by atoms with Crippen molar-refractivity contribution in [3.05, 3.63) is 23.9 Å². The molecule has 1 spiro atoms. The van der Waals surface area contributed by atoms with Crippen molar-refractivity contribution in [2.45, 2.75) is 38.1 Å². The van der Waals surface area contributed by atoms with E-state index >= 15 is 0 Å². The minimum absolute atomic E-state index is 0.258. The van der Waals surface area contributed by atoms with Gasteiger partial charge in [0.05, 0.1) is 11.0 Å². The third-order valence-electron chi connectivity index (χ3n) is 5.96. The molecule has 3 saturated heterocycles. The molecule has 132 valence electrons. The van der Waals surface area contributed by atoms with E-state index in [1.807, 2.05) is 6.07 Å². The minimum atomic E-state index is -0.258. The molecule has 6 nitrogen and oxygen atoms in total. The number of nitriles is 1. The SMILES string of the molecule is N#Cc1ccc(N2CCC3(CCCN(C4CCOCC4)C3=O)C2)nc1. The van der Waals surface area contributed by atoms with Gasteiger partial charge in [0.2, 0.25) is 5.91 Å². The van der Waals surface area contributed by atoms with Gasteiger partial charge in [0, 0.05) is 45.1 Å². The maximum atomic E-state index is 13.3. The predicted octanol–water partition coefficient (Wildman–Crippen LogP) is 1.95. The minimum Gasteiger partial charge on any atom is -0.381 e. The highest BCUT2D eigenvalue weighted by molar-refractivity contribution is 5.85. The van der Waals surface area contributed by atoms with E-state index in [0.29, 0.717) is 17.5 Å². The monoisotopic (exact) mass is 340 g/mol. The van der Waals surface area contributed by atoms with Gasteiger partial charge in [0.25, 0.3) is 0 Å². The van der Waals surface area contributed by atoms with Crippen molar-refractivity contribution >= 4 is 11.7 Å². The van der Waals surface area contributed by atoms with Gasteiger partial charge in [0.1, 0.15) is 11.9 Å². The van der Waals surface area contributed by atoms with Crippen molar-refractivity contribution in [2.24, 2.45) is 5.41 Å². The van der Waals surface area contributed by atoms with Gasteiger partial charge in [0.15, 0.2) is 0 Å². The molecule has 0 bridgehead atoms. The van der Waals surface area contributed by atoms with Crippen LogP contribution in [0, 0.1) is 16.7 Å². The third-order valence-corrected chi connectivity index (χ3v) is 5.96. The van der Waals surface area contributed by atoms with E-state index < -0.39 is 0 Å². The number of aromatic nitrogens is 1. The topological polar surface area (TPSA) is 69.5 Å². The average molecular weight is 340 g/mol. The Bertz CT molecular complexity index is 678. The van der Waals surface area contributed by atoms with Crippen LogP contribution < -0.4 is 4.90 Å². The zero-order valence-electron chi connectivity index (χ0n) is 14.5. The van der Waals surface area contributed by atoms with Gasteiger partial charge in [-0.25, -0.2) is 4.98 Å². The van der Waals surface area contributed by atoms with Crippen LogP contribution in [0.3, 0.4) is 0 Å². The van der Waals surface area contributed by atoms with Gasteiger partial charge in [-0.1, -0.05) is 0 Å². The normalized spacial score (nSPS) is 27.7. The number of pyridine rings is 1. The fourth-order valence-corrected chi connectivity index (χ4v) is 4.53. The summed E-state index contributed by atoms with van der Waals surface area (Å²) in [4.78, 5) is 22.1. The van der Waals surface area contributed by atoms with Crippen LogP contribution >= 0.6 is 0 Å². The number of anilines is 1. The molecule has 0 saturated carbocycles. The Morgan fingerprint density at radius 3 is 2.80 bits per heavy atom. The number of hydrogen-bond acceptors (Lipinski definition) is 5. The molecular weight excluding hydrogens is 316 g/mol. The lowest BCUT2D eigenvalue weighted by Gasteiger charge is -2.44. The number of ether oxygens (including phenoxy) is 1. The van der Waals surface area contributed by atoms with Gasteiger partial charge in [-0.05, 0) is 44.2 Å². The molecule has 0 aromatic carbocycles. The molecule has 1 amide bonds. The van der Waals surface area contributed by atoms with Crippen LogP contribution in [0.1, 0.15) is 37.7 Å². The summed E-state index contributed by atoms with van der Waals surface area (Å²) < 4.78 is 5.46. The first-order chi connectivity index (χ1) is 12.2. The Morgan fingerprint density at radius 2 is 2.08 bits per heavy atom. The molecule has 3 aliphatic heterocycles. The first-order valence-electron chi connectivity index (χ1n) is 9.22. The van der Waals surface area contributed by atoms with E-state index in [1.165, 1.54) is 0 Å². The lowest BCUT2D eigenvalue weighted by molar-refractivity contribution is -0.149. The zero-order chi connectivity index (χ0) is 17.3. The predicted molar refractivity (Wildman–Crippen MR) is 93.0 cm³/mol. The molecule has 25 heavy (non-hydrogen) atoms. The smallest absolute Gasteiger partial charge is 0.230 e. The van der Waals surface area contributed by atoms with E-state index in [-0.39, 0.29) is 5.41 Å². The molecule has 3 fully saturated rings. The largest absolute Gasteiger partial charge is 0.381 e. The molecule has 1 atom stereocenters. The fraction of sp³-hybridized carbons (Fsp3) is 0.632. The number of hydrogen-bond donors (Lipinski definition) is 0. The average Bonchev–Trinajstić information content (AvgIpc) is 3.10. The Balaban J connectivity index is 1.49. The molecule has 4 rings (SSSR count). The van der Waals surface area contributed by atoms with Crippen molar-refractivity contribution in [1.29, 1.82) is 5.26 Å². The maximum absolute atomic E-state index is 13.3. The van der Waals surface area contributed by atoms with Crippen LogP contribution in [0.25, 0.3) is 0 Å². The van der Waals surface area contributed by atoms with E-state index in [1.54, 1.807) is 12.3 Å². The molecule has 6 heteroatoms. The summed E-state index contributed by atoms with van der Waals surface area (Å²) in [5.74, 6) is 1.20. The number of piperidine rings is 1. The summed E-state index contributed by atoms with van der Waals surface area (Å²) in [7, 11) is 0. The second-order valence-electron chi connectivity index (χ2n) is 7.41. The van der Waals surface area contributed by atoms with Gasteiger partial charge in [-0.15, -0.1) is 0 Å². The van der Waals surface area contributed by atoms with E-state index in [4.69, 9.17) is 10.00 Å². The number of carbonyl (C=O) groups is 1. The highest BCUT2D eigenvalue weighted by Gasteiger charge is 2.49. The molecule has 0 aliphatic carbocycles. The standard InChI is InChI=1S/C19H24N4O2/c20-12-15-2-3-17(21-13-15)22-9-7-19(14-22)6-1-8-23(18(19)24)16-4-10-25-11-5-16/h2-3,13,16H,1,4-11,14H2. The van der Waals surface area contributed by atoms with Crippen molar-refractivity contribution in [3.63, 3.8) is 0 Å². The molecular formula is C19H24N4O2. The number of rotatable bonds is 2. The first-order valence-corrected chi connectivity index (χ1v) is 9.22. The van der Waals surface area contributed by atoms with Gasteiger partial charge in [-0.2, -0.15) is 5.26 Å². The van der Waals surface area contributed by atoms with Crippen LogP contribution in [0.2, 0.25) is 0 Å². The second kappa shape index (κ2) is 6.64. The zero-order valence-corrected chi connectivity index (χ0v) is 14.5. The molecule has 4 heterocycles. The van der Waals surface area contributed by atoms with Crippen LogP contribution in [0.4, 0.5) is 5.82 Å². The number of carbonyl (C=O) groups excluding carboxylic acids is 1. The maximum Gasteiger partial charge on any atom is 0.230 e. The number of amides is 1. The summed E-state index contributed by atoms with van der Waals surface area (Å²) in [6.45, 7) is 4.02. The fourth-order valence-electron chi connectivity index (χ4n) is 4.53. The van der Waals surface area contributed by atoms with Crippen molar-refractivity contribution in [2.75, 3.05) is 37.7 Å². The lowest BCUT2D eigenvalue weighted by atomic mass is 9.77. The molecule has 1 aromatic heterocycles. The van der Waals surface area contributed by atoms with E-state index in [2.05, 4.69) is 20.9 Å². The quantitative estimate of drug-likeness (QED) is 0.823. The Morgan fingerprint density at radius 1 is 1.24 bits per heavy atom. The molecule has 1 aromatic rings. The third kappa shape index (κ3) is 2.98. The van der Waals surface area contributed by atoms with Gasteiger partial charge in [-0.3, -0.25) is 4.79 Å². The van der Waals surface area contributed by atoms with Gasteiger partial charge < -0.3 is 14.5 Å². The molecule has 3 aliphatic rings. The van der Waals surface area contributed by atoms with Crippen LogP contribution in [0.15, 0.2) is 18.3 Å². The van der Waals surface area contributed by atoms with Crippen molar-refractivity contribution in [3.8, 4) is 6.07 Å². The number of nitrogens with zero attached hydrogens (tertiary/aromatic N) is 4. The summed E-state index contributed by atoms with van der Waals surface area (Å²) in [6.07, 6.45) is 6.48. The van der Waals surface area contributed by atoms with E-state index in [9.17, 15) is 4.79 Å². The highest BCUT2D eigenvalue weighted by atomic mass is 16.5. The van der Waals surface area contributed by atoms with Crippen molar-refractivity contribution in [1.82, 2.24) is 9.88 Å². The summed E-state index contributed by atoms with van der Waals surface area (Å²) in [5, 5.41) is 8.92. The lowest BCUT2D eigenvalue weighted by Crippen LogP contribution is -2.54. The first kappa shape index (κ1) is 16.3. The molecule has 0 N–H and O–H groups in total. The second-order valence-corrected chi connectivity index (χ2v) is 7.41. The van der Waals surface area contributed by atoms with Gasteiger partial charge >= 0.3 is 0 Å². The number of likely N-dealkylation sites (tertiary alicyclic amines) is 1. The summed E-state index contributed by atoms with van der Waals surface area (Å²) in [6, 6.07) is 6.13.